The largest absolute Gasteiger partial charge is 0.181 e. The van der Waals surface area contributed by atoms with Crippen molar-refractivity contribution in [2.45, 2.75) is 19.8 Å². The highest BCUT2D eigenvalue weighted by molar-refractivity contribution is 5.27. The van der Waals surface area contributed by atoms with Gasteiger partial charge in [-0.05, 0) is 12.5 Å². The minimum absolute atomic E-state index is 0.189. The van der Waals surface area contributed by atoms with Gasteiger partial charge >= 0.3 is 0 Å². The molecule has 1 heterocycles. The van der Waals surface area contributed by atoms with Crippen molar-refractivity contribution in [3.63, 3.8) is 0 Å². The van der Waals surface area contributed by atoms with Crippen LogP contribution in [-0.2, 0) is 0 Å². The van der Waals surface area contributed by atoms with Crippen LogP contribution in [0.25, 0.3) is 0 Å². The Morgan fingerprint density at radius 1 is 1.21 bits per heavy atom. The second-order valence-electron chi connectivity index (χ2n) is 3.40. The van der Waals surface area contributed by atoms with Gasteiger partial charge in [0.15, 0.2) is 5.82 Å². The second-order valence-corrected chi connectivity index (χ2v) is 3.40. The summed E-state index contributed by atoms with van der Waals surface area (Å²) in [6, 6.07) is 8.37. The van der Waals surface area contributed by atoms with E-state index in [0.717, 1.165) is 5.82 Å². The molecule has 0 aliphatic heterocycles. The lowest BCUT2D eigenvalue weighted by atomic mass is 10.00. The molecule has 0 aliphatic carbocycles. The number of aromatic nitrogens is 4. The molecule has 0 fully saturated rings. The van der Waals surface area contributed by atoms with E-state index in [0.29, 0.717) is 0 Å². The van der Waals surface area contributed by atoms with Crippen LogP contribution in [0.4, 0.5) is 0 Å². The zero-order valence-corrected chi connectivity index (χ0v) is 8.23. The first kappa shape index (κ1) is 8.87. The third kappa shape index (κ3) is 1.64. The molecule has 0 spiro atoms. The Kier molecular flexibility index (Phi) is 2.26. The zero-order valence-electron chi connectivity index (χ0n) is 8.23. The first-order chi connectivity index (χ1) is 6.77. The average Bonchev–Trinajstić information content (AvgIpc) is 2.71. The highest BCUT2D eigenvalue weighted by Gasteiger charge is 2.11. The SMILES string of the molecule is Cc1ccc(C(C)c2nn[nH]n2)cc1. The quantitative estimate of drug-likeness (QED) is 0.779. The summed E-state index contributed by atoms with van der Waals surface area (Å²) in [6.07, 6.45) is 0. The molecule has 72 valence electrons. The van der Waals surface area contributed by atoms with Crippen molar-refractivity contribution < 1.29 is 0 Å². The monoisotopic (exact) mass is 188 g/mol. The number of aryl methyl sites for hydroxylation is 1. The summed E-state index contributed by atoms with van der Waals surface area (Å²) in [5, 5.41) is 13.9. The summed E-state index contributed by atoms with van der Waals surface area (Å²) < 4.78 is 0. The Bertz CT molecular complexity index is 391. The van der Waals surface area contributed by atoms with Gasteiger partial charge in [-0.15, -0.1) is 10.2 Å². The van der Waals surface area contributed by atoms with E-state index in [4.69, 9.17) is 0 Å². The fraction of sp³-hybridized carbons (Fsp3) is 0.300. The van der Waals surface area contributed by atoms with Crippen LogP contribution in [0.3, 0.4) is 0 Å². The van der Waals surface area contributed by atoms with E-state index in [2.05, 4.69) is 58.7 Å². The van der Waals surface area contributed by atoms with Gasteiger partial charge < -0.3 is 0 Å². The van der Waals surface area contributed by atoms with Gasteiger partial charge in [0.1, 0.15) is 0 Å². The van der Waals surface area contributed by atoms with Crippen molar-refractivity contribution >= 4 is 0 Å². The molecule has 1 atom stereocenters. The van der Waals surface area contributed by atoms with E-state index in [1.165, 1.54) is 11.1 Å². The lowest BCUT2D eigenvalue weighted by molar-refractivity contribution is 0.820. The van der Waals surface area contributed by atoms with Crippen molar-refractivity contribution in [2.24, 2.45) is 0 Å². The molecule has 0 saturated heterocycles. The van der Waals surface area contributed by atoms with Gasteiger partial charge in [-0.3, -0.25) is 0 Å². The summed E-state index contributed by atoms with van der Waals surface area (Å²) >= 11 is 0. The molecule has 2 rings (SSSR count). The molecule has 0 saturated carbocycles. The Labute approximate surface area is 82.4 Å². The summed E-state index contributed by atoms with van der Waals surface area (Å²) in [7, 11) is 0. The molecule has 0 aliphatic rings. The number of tetrazole rings is 1. The van der Waals surface area contributed by atoms with Crippen LogP contribution in [-0.4, -0.2) is 20.6 Å². The van der Waals surface area contributed by atoms with Gasteiger partial charge in [0, 0.05) is 5.92 Å². The van der Waals surface area contributed by atoms with Crippen molar-refractivity contribution in [1.82, 2.24) is 20.6 Å². The van der Waals surface area contributed by atoms with Crippen molar-refractivity contribution in [1.29, 1.82) is 0 Å². The third-order valence-corrected chi connectivity index (χ3v) is 2.33. The van der Waals surface area contributed by atoms with Crippen molar-refractivity contribution in [2.75, 3.05) is 0 Å². The smallest absolute Gasteiger partial charge is 0.177 e. The highest BCUT2D eigenvalue weighted by Crippen LogP contribution is 2.19. The fourth-order valence-corrected chi connectivity index (χ4v) is 1.36. The van der Waals surface area contributed by atoms with Crippen molar-refractivity contribution in [3.8, 4) is 0 Å². The van der Waals surface area contributed by atoms with Gasteiger partial charge in [-0.25, -0.2) is 0 Å². The molecular formula is C10H12N4. The van der Waals surface area contributed by atoms with Gasteiger partial charge in [-0.2, -0.15) is 5.21 Å². The van der Waals surface area contributed by atoms with E-state index in [1.54, 1.807) is 0 Å². The first-order valence-corrected chi connectivity index (χ1v) is 4.57. The molecule has 4 heteroatoms. The van der Waals surface area contributed by atoms with Gasteiger partial charge in [0.2, 0.25) is 0 Å². The van der Waals surface area contributed by atoms with E-state index in [-0.39, 0.29) is 5.92 Å². The molecule has 0 bridgehead atoms. The number of nitrogens with zero attached hydrogens (tertiary/aromatic N) is 3. The number of rotatable bonds is 2. The standard InChI is InChI=1S/C10H12N4/c1-7-3-5-9(6-4-7)8(2)10-11-13-14-12-10/h3-6,8H,1-2H3,(H,11,12,13,14). The van der Waals surface area contributed by atoms with Crippen LogP contribution < -0.4 is 0 Å². The van der Waals surface area contributed by atoms with Gasteiger partial charge in [0.05, 0.1) is 0 Å². The number of nitrogens with one attached hydrogen (secondary N) is 1. The highest BCUT2D eigenvalue weighted by atomic mass is 15.5. The second kappa shape index (κ2) is 3.57. The first-order valence-electron chi connectivity index (χ1n) is 4.57. The van der Waals surface area contributed by atoms with Crippen LogP contribution in [0, 0.1) is 6.92 Å². The predicted molar refractivity (Wildman–Crippen MR) is 52.9 cm³/mol. The van der Waals surface area contributed by atoms with Crippen LogP contribution in [0.1, 0.15) is 29.8 Å². The van der Waals surface area contributed by atoms with E-state index in [1.807, 2.05) is 0 Å². The van der Waals surface area contributed by atoms with E-state index >= 15 is 0 Å². The summed E-state index contributed by atoms with van der Waals surface area (Å²) in [6.45, 7) is 4.14. The topological polar surface area (TPSA) is 54.5 Å². The number of H-pyrrole nitrogens is 1. The molecule has 1 aromatic heterocycles. The summed E-state index contributed by atoms with van der Waals surface area (Å²) in [5.41, 5.74) is 2.46. The maximum atomic E-state index is 3.97. The maximum Gasteiger partial charge on any atom is 0.181 e. The minimum Gasteiger partial charge on any atom is -0.177 e. The lowest BCUT2D eigenvalue weighted by Crippen LogP contribution is -1.98. The molecule has 1 aromatic carbocycles. The average molecular weight is 188 g/mol. The number of benzene rings is 1. The molecule has 1 unspecified atom stereocenters. The molecular weight excluding hydrogens is 176 g/mol. The summed E-state index contributed by atoms with van der Waals surface area (Å²) in [4.78, 5) is 0. The molecule has 14 heavy (non-hydrogen) atoms. The normalized spacial score (nSPS) is 12.7. The van der Waals surface area contributed by atoms with Crippen LogP contribution in [0.5, 0.6) is 0 Å². The molecule has 0 radical (unpaired) electrons. The molecule has 4 nitrogen and oxygen atoms in total. The number of hydrogen-bond acceptors (Lipinski definition) is 3. The number of hydrogen-bond donors (Lipinski definition) is 1. The van der Waals surface area contributed by atoms with E-state index in [9.17, 15) is 0 Å². The van der Waals surface area contributed by atoms with Gasteiger partial charge in [-0.1, -0.05) is 42.0 Å². The summed E-state index contributed by atoms with van der Waals surface area (Å²) in [5.74, 6) is 0.920. The number of aromatic amines is 1. The lowest BCUT2D eigenvalue weighted by Gasteiger charge is -2.06. The van der Waals surface area contributed by atoms with Gasteiger partial charge in [0.25, 0.3) is 0 Å². The van der Waals surface area contributed by atoms with Crippen LogP contribution in [0.2, 0.25) is 0 Å². The third-order valence-electron chi connectivity index (χ3n) is 2.33. The van der Waals surface area contributed by atoms with Crippen molar-refractivity contribution in [3.05, 3.63) is 41.2 Å². The zero-order chi connectivity index (χ0) is 9.97. The molecule has 0 amide bonds. The Hall–Kier alpha value is -1.71. The fourth-order valence-electron chi connectivity index (χ4n) is 1.36. The Morgan fingerprint density at radius 2 is 1.93 bits per heavy atom. The minimum atomic E-state index is 0.189. The predicted octanol–water partition coefficient (Wildman–Crippen LogP) is 1.66. The Morgan fingerprint density at radius 3 is 2.50 bits per heavy atom. The van der Waals surface area contributed by atoms with Crippen LogP contribution in [0.15, 0.2) is 24.3 Å². The Balaban J connectivity index is 2.28. The maximum absolute atomic E-state index is 3.97. The molecule has 2 aromatic rings. The van der Waals surface area contributed by atoms with E-state index < -0.39 is 0 Å². The van der Waals surface area contributed by atoms with Crippen LogP contribution >= 0.6 is 0 Å². The molecule has 1 N–H and O–H groups in total.